The fourth-order valence-electron chi connectivity index (χ4n) is 2.70. The second-order valence-electron chi connectivity index (χ2n) is 5.00. The van der Waals surface area contributed by atoms with Crippen LogP contribution in [0.25, 0.3) is 16.6 Å². The molecule has 4 nitrogen and oxygen atoms in total. The lowest BCUT2D eigenvalue weighted by Gasteiger charge is -2.21. The van der Waals surface area contributed by atoms with Gasteiger partial charge in [0, 0.05) is 41.9 Å². The zero-order chi connectivity index (χ0) is 13.2. The molecule has 0 aliphatic carbocycles. The molecule has 3 rings (SSSR count). The summed E-state index contributed by atoms with van der Waals surface area (Å²) in [5.41, 5.74) is 4.40. The van der Waals surface area contributed by atoms with E-state index in [9.17, 15) is 0 Å². The van der Waals surface area contributed by atoms with Crippen LogP contribution in [0.3, 0.4) is 0 Å². The highest BCUT2D eigenvalue weighted by Crippen LogP contribution is 2.28. The van der Waals surface area contributed by atoms with Crippen LogP contribution >= 0.6 is 0 Å². The van der Waals surface area contributed by atoms with Gasteiger partial charge in [0.2, 0.25) is 0 Å². The van der Waals surface area contributed by atoms with E-state index in [1.54, 1.807) is 0 Å². The van der Waals surface area contributed by atoms with E-state index in [4.69, 9.17) is 5.11 Å². The summed E-state index contributed by atoms with van der Waals surface area (Å²) in [6.07, 6.45) is 6.02. The van der Waals surface area contributed by atoms with Crippen molar-refractivity contribution in [2.45, 2.75) is 25.8 Å². The molecule has 100 valence electrons. The van der Waals surface area contributed by atoms with Gasteiger partial charge in [0.25, 0.3) is 0 Å². The molecule has 0 fully saturated rings. The average molecular weight is 257 g/mol. The van der Waals surface area contributed by atoms with Crippen molar-refractivity contribution >= 4 is 16.6 Å². The Balaban J connectivity index is 2.03. The van der Waals surface area contributed by atoms with Crippen molar-refractivity contribution < 1.29 is 5.11 Å². The molecule has 0 unspecified atom stereocenters. The van der Waals surface area contributed by atoms with Gasteiger partial charge in [-0.15, -0.1) is 0 Å². The maximum atomic E-state index is 8.97. The first-order valence-corrected chi connectivity index (χ1v) is 6.81. The molecule has 2 aromatic heterocycles. The van der Waals surface area contributed by atoms with Crippen LogP contribution < -0.4 is 5.32 Å². The Morgan fingerprint density at radius 2 is 2.32 bits per heavy atom. The van der Waals surface area contributed by atoms with Gasteiger partial charge in [0.1, 0.15) is 5.65 Å². The molecule has 0 aromatic carbocycles. The first-order chi connectivity index (χ1) is 9.29. The number of nitrogens with zero attached hydrogens (tertiary/aromatic N) is 1. The van der Waals surface area contributed by atoms with Crippen molar-refractivity contribution in [2.75, 3.05) is 13.2 Å². The fraction of sp³-hybridized carbons (Fsp3) is 0.400. The molecule has 0 saturated heterocycles. The van der Waals surface area contributed by atoms with E-state index in [1.807, 2.05) is 12.3 Å². The largest absolute Gasteiger partial charge is 0.396 e. The van der Waals surface area contributed by atoms with Gasteiger partial charge in [-0.1, -0.05) is 6.08 Å². The van der Waals surface area contributed by atoms with Crippen LogP contribution in [-0.4, -0.2) is 34.3 Å². The van der Waals surface area contributed by atoms with Crippen LogP contribution in [0.2, 0.25) is 0 Å². The Labute approximate surface area is 112 Å². The summed E-state index contributed by atoms with van der Waals surface area (Å²) in [5, 5.41) is 13.6. The molecule has 1 aliphatic rings. The summed E-state index contributed by atoms with van der Waals surface area (Å²) in [5.74, 6) is 0. The quantitative estimate of drug-likeness (QED) is 0.786. The van der Waals surface area contributed by atoms with Gasteiger partial charge in [-0.25, -0.2) is 4.98 Å². The summed E-state index contributed by atoms with van der Waals surface area (Å²) in [4.78, 5) is 7.79. The number of hydrogen-bond donors (Lipinski definition) is 3. The Morgan fingerprint density at radius 3 is 3.11 bits per heavy atom. The Kier molecular flexibility index (Phi) is 3.36. The maximum Gasteiger partial charge on any atom is 0.138 e. The Hall–Kier alpha value is -1.65. The number of aliphatic hydroxyl groups excluding tert-OH is 1. The van der Waals surface area contributed by atoms with Crippen LogP contribution in [0.15, 0.2) is 24.4 Å². The summed E-state index contributed by atoms with van der Waals surface area (Å²) < 4.78 is 0. The summed E-state index contributed by atoms with van der Waals surface area (Å²) >= 11 is 0. The summed E-state index contributed by atoms with van der Waals surface area (Å²) in [6, 6.07) is 4.48. The molecule has 1 atom stereocenters. The standard InChI is InChI=1S/C15H19N3O/c1-10-12(3-2-7-16-10)14-9-17-15-13(14)5-4-11(18-15)6-8-19/h3-5,9-10,16,19H,2,6-8H2,1H3,(H,17,18)/t10-/m1/s1. The lowest BCUT2D eigenvalue weighted by molar-refractivity contribution is 0.298. The minimum Gasteiger partial charge on any atom is -0.396 e. The molecule has 0 radical (unpaired) electrons. The molecule has 2 aromatic rings. The van der Waals surface area contributed by atoms with Gasteiger partial charge in [-0.3, -0.25) is 0 Å². The molecule has 0 spiro atoms. The number of fused-ring (bicyclic) bond motifs is 1. The normalized spacial score (nSPS) is 19.7. The van der Waals surface area contributed by atoms with Crippen LogP contribution in [-0.2, 0) is 6.42 Å². The molecule has 4 heteroatoms. The zero-order valence-corrected chi connectivity index (χ0v) is 11.1. The van der Waals surface area contributed by atoms with E-state index in [0.29, 0.717) is 12.5 Å². The fourth-order valence-corrected chi connectivity index (χ4v) is 2.70. The molecule has 19 heavy (non-hydrogen) atoms. The number of rotatable bonds is 3. The third-order valence-electron chi connectivity index (χ3n) is 3.70. The van der Waals surface area contributed by atoms with Crippen molar-refractivity contribution in [2.24, 2.45) is 0 Å². The van der Waals surface area contributed by atoms with Gasteiger partial charge in [0.05, 0.1) is 0 Å². The third-order valence-corrected chi connectivity index (χ3v) is 3.70. The second kappa shape index (κ2) is 5.15. The maximum absolute atomic E-state index is 8.97. The van der Waals surface area contributed by atoms with Crippen LogP contribution in [0.5, 0.6) is 0 Å². The molecule has 0 bridgehead atoms. The van der Waals surface area contributed by atoms with Crippen molar-refractivity contribution in [1.82, 2.24) is 15.3 Å². The first kappa shape index (κ1) is 12.4. The summed E-state index contributed by atoms with van der Waals surface area (Å²) in [7, 11) is 0. The van der Waals surface area contributed by atoms with E-state index in [2.05, 4.69) is 34.4 Å². The molecule has 0 amide bonds. The monoisotopic (exact) mass is 257 g/mol. The highest BCUT2D eigenvalue weighted by Gasteiger charge is 2.17. The number of pyridine rings is 1. The molecule has 1 aliphatic heterocycles. The number of aliphatic hydroxyl groups is 1. The number of hydrogen-bond acceptors (Lipinski definition) is 3. The predicted octanol–water partition coefficient (Wildman–Crippen LogP) is 1.86. The smallest absolute Gasteiger partial charge is 0.138 e. The minimum absolute atomic E-state index is 0.137. The van der Waals surface area contributed by atoms with E-state index in [0.717, 1.165) is 29.7 Å². The lowest BCUT2D eigenvalue weighted by atomic mass is 9.96. The number of H-pyrrole nitrogens is 1. The number of aromatic amines is 1. The molecular weight excluding hydrogens is 238 g/mol. The highest BCUT2D eigenvalue weighted by atomic mass is 16.3. The van der Waals surface area contributed by atoms with Gasteiger partial charge < -0.3 is 15.4 Å². The van der Waals surface area contributed by atoms with Gasteiger partial charge in [0.15, 0.2) is 0 Å². The van der Waals surface area contributed by atoms with Crippen molar-refractivity contribution in [3.05, 3.63) is 35.7 Å². The topological polar surface area (TPSA) is 60.9 Å². The molecular formula is C15H19N3O. The molecule has 3 heterocycles. The third kappa shape index (κ3) is 2.29. The molecule has 3 N–H and O–H groups in total. The number of nitrogens with one attached hydrogen (secondary N) is 2. The SMILES string of the molecule is C[C@H]1NCCC=C1c1c[nH]c2nc(CCO)ccc12. The van der Waals surface area contributed by atoms with Crippen molar-refractivity contribution in [1.29, 1.82) is 0 Å². The van der Waals surface area contributed by atoms with E-state index >= 15 is 0 Å². The lowest BCUT2D eigenvalue weighted by Crippen LogP contribution is -2.31. The van der Waals surface area contributed by atoms with Gasteiger partial charge >= 0.3 is 0 Å². The summed E-state index contributed by atoms with van der Waals surface area (Å²) in [6.45, 7) is 3.38. The number of aromatic nitrogens is 2. The highest BCUT2D eigenvalue weighted by molar-refractivity contribution is 5.92. The van der Waals surface area contributed by atoms with E-state index < -0.39 is 0 Å². The zero-order valence-electron chi connectivity index (χ0n) is 11.1. The van der Waals surface area contributed by atoms with Gasteiger partial charge in [-0.05, 0) is 37.6 Å². The average Bonchev–Trinajstić information content (AvgIpc) is 2.83. The van der Waals surface area contributed by atoms with Gasteiger partial charge in [-0.2, -0.15) is 0 Å². The van der Waals surface area contributed by atoms with Crippen LogP contribution in [0.4, 0.5) is 0 Å². The molecule has 0 saturated carbocycles. The Bertz CT molecular complexity index is 615. The van der Waals surface area contributed by atoms with E-state index in [1.165, 1.54) is 11.1 Å². The van der Waals surface area contributed by atoms with E-state index in [-0.39, 0.29) is 6.61 Å². The predicted molar refractivity (Wildman–Crippen MR) is 76.9 cm³/mol. The van der Waals surface area contributed by atoms with Crippen LogP contribution in [0.1, 0.15) is 24.6 Å². The van der Waals surface area contributed by atoms with Crippen molar-refractivity contribution in [3.8, 4) is 0 Å². The minimum atomic E-state index is 0.137. The first-order valence-electron chi connectivity index (χ1n) is 6.81. The van der Waals surface area contributed by atoms with Crippen LogP contribution in [0, 0.1) is 0 Å². The second-order valence-corrected chi connectivity index (χ2v) is 5.00. The Morgan fingerprint density at radius 1 is 1.42 bits per heavy atom. The van der Waals surface area contributed by atoms with Crippen molar-refractivity contribution in [3.63, 3.8) is 0 Å².